The van der Waals surface area contributed by atoms with E-state index in [0.717, 1.165) is 21.5 Å². The molecule has 0 bridgehead atoms. The number of nitrogens with zero attached hydrogens (tertiary/aromatic N) is 3. The van der Waals surface area contributed by atoms with E-state index in [1.165, 1.54) is 16.3 Å². The van der Waals surface area contributed by atoms with E-state index in [-0.39, 0.29) is 5.91 Å². The molecule has 2 aromatic carbocycles. The van der Waals surface area contributed by atoms with Crippen molar-refractivity contribution in [2.45, 2.75) is 12.8 Å². The number of hydrogen-bond acceptors (Lipinski definition) is 4. The van der Waals surface area contributed by atoms with E-state index in [4.69, 9.17) is 11.6 Å². The average Bonchev–Trinajstić information content (AvgIpc) is 3.00. The predicted molar refractivity (Wildman–Crippen MR) is 94.3 cm³/mol. The van der Waals surface area contributed by atoms with Crippen LogP contribution < -0.4 is 5.01 Å². The summed E-state index contributed by atoms with van der Waals surface area (Å²) in [6, 6.07) is 15.3. The number of hydrazone groups is 1. The largest absolute Gasteiger partial charge is 0.272 e. The van der Waals surface area contributed by atoms with E-state index in [0.29, 0.717) is 23.0 Å². The molecule has 114 valence electrons. The summed E-state index contributed by atoms with van der Waals surface area (Å²) in [5.41, 5.74) is 2.74. The van der Waals surface area contributed by atoms with Crippen LogP contribution in [-0.2, 0) is 4.79 Å². The molecule has 0 saturated heterocycles. The van der Waals surface area contributed by atoms with Gasteiger partial charge in [-0.05, 0) is 29.8 Å². The normalized spacial score (nSPS) is 15.1. The van der Waals surface area contributed by atoms with E-state index in [1.54, 1.807) is 0 Å². The first-order valence-electron chi connectivity index (χ1n) is 7.23. The van der Waals surface area contributed by atoms with Gasteiger partial charge in [0.05, 0.1) is 15.9 Å². The molecule has 3 aromatic rings. The number of amides is 1. The molecule has 0 unspecified atom stereocenters. The molecule has 4 nitrogen and oxygen atoms in total. The van der Waals surface area contributed by atoms with Crippen LogP contribution >= 0.6 is 22.9 Å². The second kappa shape index (κ2) is 5.76. The number of thiazole rings is 1. The lowest BCUT2D eigenvalue weighted by Crippen LogP contribution is -2.31. The Bertz CT molecular complexity index is 884. The Morgan fingerprint density at radius 2 is 1.83 bits per heavy atom. The Kier molecular flexibility index (Phi) is 3.59. The molecular formula is C17H12ClN3OS. The predicted octanol–water partition coefficient (Wildman–Crippen LogP) is 4.48. The SMILES string of the molecule is O=C1CCC(c2ccc(Cl)cc2)=NN1c1nc2ccccc2s1. The third-order valence-electron chi connectivity index (χ3n) is 3.67. The zero-order valence-corrected chi connectivity index (χ0v) is 13.6. The highest BCUT2D eigenvalue weighted by Gasteiger charge is 2.25. The van der Waals surface area contributed by atoms with Crippen molar-refractivity contribution in [1.82, 2.24) is 4.98 Å². The summed E-state index contributed by atoms with van der Waals surface area (Å²) >= 11 is 7.40. The van der Waals surface area contributed by atoms with Crippen LogP contribution in [0, 0.1) is 0 Å². The van der Waals surface area contributed by atoms with Gasteiger partial charge in [0.1, 0.15) is 0 Å². The van der Waals surface area contributed by atoms with E-state index in [9.17, 15) is 4.79 Å². The minimum absolute atomic E-state index is 0.0261. The number of aromatic nitrogens is 1. The van der Waals surface area contributed by atoms with Crippen molar-refractivity contribution in [2.75, 3.05) is 5.01 Å². The molecule has 0 spiro atoms. The summed E-state index contributed by atoms with van der Waals surface area (Å²) in [5, 5.41) is 7.26. The van der Waals surface area contributed by atoms with E-state index in [1.807, 2.05) is 48.5 Å². The van der Waals surface area contributed by atoms with Crippen molar-refractivity contribution in [2.24, 2.45) is 5.10 Å². The van der Waals surface area contributed by atoms with Crippen LogP contribution in [0.15, 0.2) is 53.6 Å². The Morgan fingerprint density at radius 3 is 2.61 bits per heavy atom. The molecule has 0 radical (unpaired) electrons. The maximum absolute atomic E-state index is 12.3. The molecule has 1 amide bonds. The highest BCUT2D eigenvalue weighted by Crippen LogP contribution is 2.31. The fourth-order valence-corrected chi connectivity index (χ4v) is 3.56. The molecular weight excluding hydrogens is 330 g/mol. The summed E-state index contributed by atoms with van der Waals surface area (Å²) < 4.78 is 1.05. The summed E-state index contributed by atoms with van der Waals surface area (Å²) in [6.07, 6.45) is 1.05. The summed E-state index contributed by atoms with van der Waals surface area (Å²) in [7, 11) is 0. The molecule has 2 heterocycles. The van der Waals surface area contributed by atoms with Gasteiger partial charge in [0, 0.05) is 17.9 Å². The smallest absolute Gasteiger partial charge is 0.249 e. The molecule has 0 fully saturated rings. The van der Waals surface area contributed by atoms with Gasteiger partial charge in [0.2, 0.25) is 11.0 Å². The fraction of sp³-hybridized carbons (Fsp3) is 0.118. The van der Waals surface area contributed by atoms with Crippen LogP contribution in [0.1, 0.15) is 18.4 Å². The van der Waals surface area contributed by atoms with Crippen molar-refractivity contribution in [3.8, 4) is 0 Å². The lowest BCUT2D eigenvalue weighted by Gasteiger charge is -2.21. The molecule has 1 aliphatic heterocycles. The Balaban J connectivity index is 1.75. The van der Waals surface area contributed by atoms with Gasteiger partial charge < -0.3 is 0 Å². The van der Waals surface area contributed by atoms with Crippen molar-refractivity contribution < 1.29 is 4.79 Å². The lowest BCUT2D eigenvalue weighted by atomic mass is 10.0. The highest BCUT2D eigenvalue weighted by atomic mass is 35.5. The number of para-hydroxylation sites is 1. The van der Waals surface area contributed by atoms with Crippen LogP contribution in [0.2, 0.25) is 5.02 Å². The molecule has 0 aliphatic carbocycles. The standard InChI is InChI=1S/C17H12ClN3OS/c18-12-7-5-11(6-8-12)13-9-10-16(22)21(20-13)17-19-14-3-1-2-4-15(14)23-17/h1-8H,9-10H2. The minimum atomic E-state index is -0.0261. The Labute approximate surface area is 142 Å². The number of benzene rings is 2. The number of anilines is 1. The second-order valence-corrected chi connectivity index (χ2v) is 6.67. The molecule has 4 rings (SSSR count). The van der Waals surface area contributed by atoms with Gasteiger partial charge >= 0.3 is 0 Å². The van der Waals surface area contributed by atoms with Gasteiger partial charge in [-0.2, -0.15) is 10.1 Å². The number of carbonyl (C=O) groups excluding carboxylic acids is 1. The van der Waals surface area contributed by atoms with Crippen LogP contribution in [0.5, 0.6) is 0 Å². The van der Waals surface area contributed by atoms with Crippen LogP contribution in [-0.4, -0.2) is 16.6 Å². The van der Waals surface area contributed by atoms with Crippen LogP contribution in [0.3, 0.4) is 0 Å². The van der Waals surface area contributed by atoms with E-state index < -0.39 is 0 Å². The van der Waals surface area contributed by atoms with Crippen molar-refractivity contribution >= 4 is 49.9 Å². The summed E-state index contributed by atoms with van der Waals surface area (Å²) in [4.78, 5) is 16.8. The number of rotatable bonds is 2. The number of carbonyl (C=O) groups is 1. The molecule has 0 saturated carbocycles. The van der Waals surface area contributed by atoms with E-state index in [2.05, 4.69) is 10.1 Å². The minimum Gasteiger partial charge on any atom is -0.272 e. The molecule has 6 heteroatoms. The molecule has 0 atom stereocenters. The van der Waals surface area contributed by atoms with Crippen LogP contribution in [0.25, 0.3) is 10.2 Å². The maximum Gasteiger partial charge on any atom is 0.249 e. The third-order valence-corrected chi connectivity index (χ3v) is 4.94. The van der Waals surface area contributed by atoms with Crippen LogP contribution in [0.4, 0.5) is 5.13 Å². The summed E-state index contributed by atoms with van der Waals surface area (Å²) in [5.74, 6) is -0.0261. The number of halogens is 1. The maximum atomic E-state index is 12.3. The molecule has 0 N–H and O–H groups in total. The monoisotopic (exact) mass is 341 g/mol. The van der Waals surface area contributed by atoms with Gasteiger partial charge in [-0.15, -0.1) is 0 Å². The van der Waals surface area contributed by atoms with Gasteiger partial charge in [0.25, 0.3) is 0 Å². The van der Waals surface area contributed by atoms with Crippen molar-refractivity contribution in [1.29, 1.82) is 0 Å². The molecule has 1 aromatic heterocycles. The summed E-state index contributed by atoms with van der Waals surface area (Å²) in [6.45, 7) is 0. The lowest BCUT2D eigenvalue weighted by molar-refractivity contribution is -0.118. The van der Waals surface area contributed by atoms with Gasteiger partial charge in [-0.3, -0.25) is 4.79 Å². The molecule has 23 heavy (non-hydrogen) atoms. The first-order valence-corrected chi connectivity index (χ1v) is 8.42. The average molecular weight is 342 g/mol. The highest BCUT2D eigenvalue weighted by molar-refractivity contribution is 7.22. The number of hydrogen-bond donors (Lipinski definition) is 0. The number of fused-ring (bicyclic) bond motifs is 1. The first-order chi connectivity index (χ1) is 11.2. The zero-order valence-electron chi connectivity index (χ0n) is 12.1. The van der Waals surface area contributed by atoms with E-state index >= 15 is 0 Å². The first kappa shape index (κ1) is 14.4. The van der Waals surface area contributed by atoms with Gasteiger partial charge in [-0.25, -0.2) is 4.98 Å². The zero-order chi connectivity index (χ0) is 15.8. The quantitative estimate of drug-likeness (QED) is 0.689. The van der Waals surface area contributed by atoms with Gasteiger partial charge in [-0.1, -0.05) is 47.2 Å². The fourth-order valence-electron chi connectivity index (χ4n) is 2.50. The van der Waals surface area contributed by atoms with Crippen molar-refractivity contribution in [3.63, 3.8) is 0 Å². The Hall–Kier alpha value is -2.24. The van der Waals surface area contributed by atoms with Crippen molar-refractivity contribution in [3.05, 3.63) is 59.1 Å². The topological polar surface area (TPSA) is 45.6 Å². The Morgan fingerprint density at radius 1 is 1.04 bits per heavy atom. The third kappa shape index (κ3) is 2.73. The second-order valence-electron chi connectivity index (χ2n) is 5.22. The molecule has 1 aliphatic rings. The van der Waals surface area contributed by atoms with Gasteiger partial charge in [0.15, 0.2) is 0 Å².